The number of benzene rings is 2. The van der Waals surface area contributed by atoms with E-state index >= 15 is 0 Å². The number of amides is 2. The summed E-state index contributed by atoms with van der Waals surface area (Å²) in [7, 11) is 3.03. The van der Waals surface area contributed by atoms with Crippen LogP contribution >= 0.6 is 12.2 Å². The van der Waals surface area contributed by atoms with Crippen LogP contribution in [-0.4, -0.2) is 35.7 Å². The molecule has 1 saturated heterocycles. The van der Waals surface area contributed by atoms with Crippen molar-refractivity contribution in [1.82, 2.24) is 9.88 Å². The number of anilines is 1. The van der Waals surface area contributed by atoms with Crippen molar-refractivity contribution in [3.63, 3.8) is 0 Å². The third-order valence-corrected chi connectivity index (χ3v) is 6.04. The highest BCUT2D eigenvalue weighted by molar-refractivity contribution is 7.80. The second-order valence-electron chi connectivity index (χ2n) is 8.00. The summed E-state index contributed by atoms with van der Waals surface area (Å²) in [4.78, 5) is 27.6. The second kappa shape index (κ2) is 9.15. The molecule has 8 heteroatoms. The SMILES string of the molecule is COc1ccc(N2C(=O)/C(=C/c3cc(C)n(-c4cccc(C)c4)c3C)C(=O)NC2=S)c(OC)c1. The number of nitrogens with one attached hydrogen (secondary N) is 1. The van der Waals surface area contributed by atoms with Crippen LogP contribution in [0.2, 0.25) is 0 Å². The molecule has 34 heavy (non-hydrogen) atoms. The minimum atomic E-state index is -0.543. The molecule has 3 aromatic rings. The molecule has 0 saturated carbocycles. The van der Waals surface area contributed by atoms with Gasteiger partial charge in [0.1, 0.15) is 17.1 Å². The van der Waals surface area contributed by atoms with Gasteiger partial charge in [-0.3, -0.25) is 14.9 Å². The van der Waals surface area contributed by atoms with E-state index in [2.05, 4.69) is 16.0 Å². The van der Waals surface area contributed by atoms with Gasteiger partial charge in [-0.05, 0) is 80.5 Å². The number of carbonyl (C=O) groups excluding carboxylic acids is 2. The maximum atomic E-state index is 13.5. The molecule has 1 aromatic heterocycles. The van der Waals surface area contributed by atoms with Gasteiger partial charge in [-0.15, -0.1) is 0 Å². The largest absolute Gasteiger partial charge is 0.497 e. The van der Waals surface area contributed by atoms with Crippen molar-refractivity contribution in [2.24, 2.45) is 0 Å². The Morgan fingerprint density at radius 1 is 0.971 bits per heavy atom. The van der Waals surface area contributed by atoms with Gasteiger partial charge in [0.25, 0.3) is 11.8 Å². The van der Waals surface area contributed by atoms with E-state index in [1.165, 1.54) is 12.0 Å². The summed E-state index contributed by atoms with van der Waals surface area (Å²) < 4.78 is 12.8. The molecule has 1 aliphatic rings. The van der Waals surface area contributed by atoms with E-state index in [1.807, 2.05) is 45.0 Å². The lowest BCUT2D eigenvalue weighted by atomic mass is 10.1. The Hall–Kier alpha value is -3.91. The van der Waals surface area contributed by atoms with E-state index in [-0.39, 0.29) is 10.7 Å². The highest BCUT2D eigenvalue weighted by Gasteiger charge is 2.36. The number of methoxy groups -OCH3 is 2. The second-order valence-corrected chi connectivity index (χ2v) is 8.38. The minimum Gasteiger partial charge on any atom is -0.497 e. The summed E-state index contributed by atoms with van der Waals surface area (Å²) in [5, 5.41) is 2.61. The Kier molecular flexibility index (Phi) is 6.26. The summed E-state index contributed by atoms with van der Waals surface area (Å²) >= 11 is 5.33. The monoisotopic (exact) mass is 475 g/mol. The van der Waals surface area contributed by atoms with Gasteiger partial charge in [0.05, 0.1) is 19.9 Å². The molecule has 1 aliphatic heterocycles. The lowest BCUT2D eigenvalue weighted by molar-refractivity contribution is -0.122. The van der Waals surface area contributed by atoms with Gasteiger partial charge in [0.2, 0.25) is 0 Å². The van der Waals surface area contributed by atoms with Crippen molar-refractivity contribution in [1.29, 1.82) is 0 Å². The molecule has 0 aliphatic carbocycles. The lowest BCUT2D eigenvalue weighted by Crippen LogP contribution is -2.54. The van der Waals surface area contributed by atoms with Gasteiger partial charge in [0, 0.05) is 23.1 Å². The fraction of sp³-hybridized carbons (Fsp3) is 0.192. The number of rotatable bonds is 5. The molecule has 0 atom stereocenters. The zero-order valence-corrected chi connectivity index (χ0v) is 20.4. The van der Waals surface area contributed by atoms with Gasteiger partial charge < -0.3 is 14.0 Å². The molecular formula is C26H25N3O4S. The van der Waals surface area contributed by atoms with Gasteiger partial charge in [-0.2, -0.15) is 0 Å². The van der Waals surface area contributed by atoms with Crippen LogP contribution in [0.25, 0.3) is 11.8 Å². The van der Waals surface area contributed by atoms with Gasteiger partial charge >= 0.3 is 0 Å². The van der Waals surface area contributed by atoms with Crippen molar-refractivity contribution in [3.05, 3.63) is 76.6 Å². The third kappa shape index (κ3) is 4.08. The highest BCUT2D eigenvalue weighted by Crippen LogP contribution is 2.34. The first-order valence-electron chi connectivity index (χ1n) is 10.6. The highest BCUT2D eigenvalue weighted by atomic mass is 32.1. The Labute approximate surface area is 203 Å². The summed E-state index contributed by atoms with van der Waals surface area (Å²) in [6, 6.07) is 15.1. The number of hydrogen-bond donors (Lipinski definition) is 1. The molecule has 1 fully saturated rings. The maximum Gasteiger partial charge on any atom is 0.270 e. The molecule has 2 heterocycles. The molecule has 4 rings (SSSR count). The predicted octanol–water partition coefficient (Wildman–Crippen LogP) is 4.25. The van der Waals surface area contributed by atoms with Crippen LogP contribution in [0.1, 0.15) is 22.5 Å². The van der Waals surface area contributed by atoms with Gasteiger partial charge in [0.15, 0.2) is 5.11 Å². The summed E-state index contributed by atoms with van der Waals surface area (Å²) in [6.45, 7) is 5.99. The average molecular weight is 476 g/mol. The number of thiocarbonyl (C=S) groups is 1. The number of carbonyl (C=O) groups is 2. The molecule has 2 amide bonds. The topological polar surface area (TPSA) is 72.8 Å². The van der Waals surface area contributed by atoms with Crippen molar-refractivity contribution < 1.29 is 19.1 Å². The summed E-state index contributed by atoms with van der Waals surface area (Å²) in [6.07, 6.45) is 1.61. The Morgan fingerprint density at radius 2 is 1.74 bits per heavy atom. The van der Waals surface area contributed by atoms with Crippen molar-refractivity contribution in [2.45, 2.75) is 20.8 Å². The minimum absolute atomic E-state index is 0.0131. The summed E-state index contributed by atoms with van der Waals surface area (Å²) in [5.41, 5.74) is 5.23. The number of ether oxygens (including phenoxy) is 2. The van der Waals surface area contributed by atoms with Crippen LogP contribution in [0.3, 0.4) is 0 Å². The third-order valence-electron chi connectivity index (χ3n) is 5.76. The van der Waals surface area contributed by atoms with E-state index in [0.29, 0.717) is 17.2 Å². The first-order chi connectivity index (χ1) is 16.2. The van der Waals surface area contributed by atoms with Crippen LogP contribution in [0, 0.1) is 20.8 Å². The number of nitrogens with zero attached hydrogens (tertiary/aromatic N) is 2. The van der Waals surface area contributed by atoms with Gasteiger partial charge in [-0.25, -0.2) is 4.90 Å². The molecule has 174 valence electrons. The van der Waals surface area contributed by atoms with Crippen molar-refractivity contribution >= 4 is 40.9 Å². The Morgan fingerprint density at radius 3 is 2.41 bits per heavy atom. The number of aryl methyl sites for hydroxylation is 2. The van der Waals surface area contributed by atoms with E-state index in [9.17, 15) is 9.59 Å². The smallest absolute Gasteiger partial charge is 0.270 e. The van der Waals surface area contributed by atoms with E-state index in [4.69, 9.17) is 21.7 Å². The lowest BCUT2D eigenvalue weighted by Gasteiger charge is -2.30. The molecule has 0 unspecified atom stereocenters. The average Bonchev–Trinajstić information content (AvgIpc) is 3.09. The van der Waals surface area contributed by atoms with Crippen LogP contribution in [0.15, 0.2) is 54.1 Å². The Balaban J connectivity index is 1.78. The molecule has 2 aromatic carbocycles. The first kappa shape index (κ1) is 23.3. The van der Waals surface area contributed by atoms with E-state index in [0.717, 1.165) is 28.2 Å². The summed E-state index contributed by atoms with van der Waals surface area (Å²) in [5.74, 6) is -0.112. The van der Waals surface area contributed by atoms with Crippen LogP contribution in [0.4, 0.5) is 5.69 Å². The molecule has 0 bridgehead atoms. The van der Waals surface area contributed by atoms with Crippen LogP contribution in [0.5, 0.6) is 11.5 Å². The quantitative estimate of drug-likeness (QED) is 0.339. The predicted molar refractivity (Wildman–Crippen MR) is 136 cm³/mol. The Bertz CT molecular complexity index is 1360. The first-order valence-corrected chi connectivity index (χ1v) is 11.1. The molecule has 1 N–H and O–H groups in total. The van der Waals surface area contributed by atoms with Crippen LogP contribution in [-0.2, 0) is 9.59 Å². The zero-order valence-electron chi connectivity index (χ0n) is 19.6. The molecule has 7 nitrogen and oxygen atoms in total. The maximum absolute atomic E-state index is 13.5. The van der Waals surface area contributed by atoms with Crippen molar-refractivity contribution in [3.8, 4) is 17.2 Å². The van der Waals surface area contributed by atoms with Crippen LogP contribution < -0.4 is 19.7 Å². The normalized spacial score (nSPS) is 15.0. The standard InChI is InChI=1S/C26H25N3O4S/c1-15-7-6-8-19(11-15)28-16(2)12-18(17(28)3)13-21-24(30)27-26(34)29(25(21)31)22-10-9-20(32-4)14-23(22)33-5/h6-14H,1-5H3,(H,27,30,34)/b21-13+. The number of aromatic nitrogens is 1. The zero-order chi connectivity index (χ0) is 24.6. The number of hydrogen-bond acceptors (Lipinski definition) is 5. The van der Waals surface area contributed by atoms with Crippen molar-refractivity contribution in [2.75, 3.05) is 19.1 Å². The van der Waals surface area contributed by atoms with Gasteiger partial charge in [-0.1, -0.05) is 12.1 Å². The molecular weight excluding hydrogens is 450 g/mol. The molecule has 0 radical (unpaired) electrons. The molecule has 0 spiro atoms. The fourth-order valence-corrected chi connectivity index (χ4v) is 4.37. The fourth-order valence-electron chi connectivity index (χ4n) is 4.10. The van der Waals surface area contributed by atoms with E-state index < -0.39 is 11.8 Å². The van der Waals surface area contributed by atoms with E-state index in [1.54, 1.807) is 31.4 Å².